The highest BCUT2D eigenvalue weighted by Gasteiger charge is 2.31. The molecule has 1 unspecified atom stereocenters. The number of hydrogen-bond acceptors (Lipinski definition) is 4. The van der Waals surface area contributed by atoms with Gasteiger partial charge in [-0.25, -0.2) is 4.79 Å². The summed E-state index contributed by atoms with van der Waals surface area (Å²) in [6, 6.07) is 2.50. The van der Waals surface area contributed by atoms with Gasteiger partial charge in [0, 0.05) is 24.8 Å². The predicted molar refractivity (Wildman–Crippen MR) is 73.1 cm³/mol. The van der Waals surface area contributed by atoms with Gasteiger partial charge in [0.25, 0.3) is 5.91 Å². The summed E-state index contributed by atoms with van der Waals surface area (Å²) < 4.78 is 0. The van der Waals surface area contributed by atoms with Crippen LogP contribution in [0.2, 0.25) is 0 Å². The van der Waals surface area contributed by atoms with Crippen molar-refractivity contribution in [3.05, 3.63) is 29.6 Å². The molecule has 0 spiro atoms. The van der Waals surface area contributed by atoms with Gasteiger partial charge in [-0.3, -0.25) is 9.78 Å². The van der Waals surface area contributed by atoms with E-state index < -0.39 is 12.0 Å². The quantitative estimate of drug-likeness (QED) is 0.859. The molecule has 1 aliphatic rings. The van der Waals surface area contributed by atoms with Crippen molar-refractivity contribution >= 4 is 11.9 Å². The van der Waals surface area contributed by atoms with Gasteiger partial charge in [0.05, 0.1) is 5.69 Å². The van der Waals surface area contributed by atoms with Crippen LogP contribution in [0.1, 0.15) is 41.7 Å². The zero-order chi connectivity index (χ0) is 14.5. The van der Waals surface area contributed by atoms with Gasteiger partial charge < -0.3 is 15.7 Å². The highest BCUT2D eigenvalue weighted by molar-refractivity contribution is 5.96. The third kappa shape index (κ3) is 3.14. The normalized spacial score (nSPS) is 19.4. The van der Waals surface area contributed by atoms with Crippen LogP contribution in [-0.4, -0.2) is 39.5 Å². The Morgan fingerprint density at radius 1 is 1.40 bits per heavy atom. The molecule has 6 nitrogen and oxygen atoms in total. The molecule has 0 aliphatic carbocycles. The molecule has 0 radical (unpaired) electrons. The van der Waals surface area contributed by atoms with Crippen molar-refractivity contribution < 1.29 is 14.7 Å². The minimum absolute atomic E-state index is 0.253. The number of carboxylic acids is 1. The van der Waals surface area contributed by atoms with E-state index in [9.17, 15) is 14.7 Å². The van der Waals surface area contributed by atoms with Crippen molar-refractivity contribution in [1.29, 1.82) is 0 Å². The highest BCUT2D eigenvalue weighted by Crippen LogP contribution is 2.19. The number of amides is 1. The third-order valence-corrected chi connectivity index (χ3v) is 3.57. The van der Waals surface area contributed by atoms with E-state index in [1.807, 2.05) is 0 Å². The van der Waals surface area contributed by atoms with E-state index in [0.717, 1.165) is 19.3 Å². The fourth-order valence-corrected chi connectivity index (χ4v) is 2.50. The Bertz CT molecular complexity index is 504. The van der Waals surface area contributed by atoms with Gasteiger partial charge in [-0.05, 0) is 25.0 Å². The van der Waals surface area contributed by atoms with Crippen LogP contribution >= 0.6 is 0 Å². The maximum atomic E-state index is 12.5. The second-order valence-electron chi connectivity index (χ2n) is 4.94. The van der Waals surface area contributed by atoms with Gasteiger partial charge >= 0.3 is 5.97 Å². The Morgan fingerprint density at radius 2 is 2.20 bits per heavy atom. The first-order valence-corrected chi connectivity index (χ1v) is 6.82. The number of carbonyl (C=O) groups excluding carboxylic acids is 1. The topological polar surface area (TPSA) is 96.5 Å². The first kappa shape index (κ1) is 14.5. The molecule has 1 saturated heterocycles. The van der Waals surface area contributed by atoms with Crippen LogP contribution in [0.3, 0.4) is 0 Å². The third-order valence-electron chi connectivity index (χ3n) is 3.57. The Hall–Kier alpha value is -1.95. The van der Waals surface area contributed by atoms with Gasteiger partial charge in [-0.1, -0.05) is 12.8 Å². The van der Waals surface area contributed by atoms with Gasteiger partial charge in [-0.15, -0.1) is 0 Å². The largest absolute Gasteiger partial charge is 0.480 e. The first-order valence-electron chi connectivity index (χ1n) is 6.82. The Kier molecular flexibility index (Phi) is 4.68. The van der Waals surface area contributed by atoms with Gasteiger partial charge in [0.1, 0.15) is 6.04 Å². The molecule has 2 heterocycles. The molecule has 6 heteroatoms. The Balaban J connectivity index is 2.25. The molecular weight excluding hydrogens is 258 g/mol. The molecule has 0 bridgehead atoms. The molecule has 0 saturated carbocycles. The SMILES string of the molecule is NCc1cc(C(=O)N2CCCCCC2C(=O)O)ccn1. The molecule has 3 N–H and O–H groups in total. The summed E-state index contributed by atoms with van der Waals surface area (Å²) in [4.78, 5) is 29.4. The van der Waals surface area contributed by atoms with Crippen molar-refractivity contribution in [1.82, 2.24) is 9.88 Å². The maximum absolute atomic E-state index is 12.5. The molecule has 1 aromatic heterocycles. The van der Waals surface area contributed by atoms with Crippen LogP contribution < -0.4 is 5.73 Å². The van der Waals surface area contributed by atoms with E-state index >= 15 is 0 Å². The second-order valence-corrected chi connectivity index (χ2v) is 4.94. The number of nitrogens with two attached hydrogens (primary N) is 1. The fourth-order valence-electron chi connectivity index (χ4n) is 2.50. The van der Waals surface area contributed by atoms with Crippen LogP contribution in [-0.2, 0) is 11.3 Å². The highest BCUT2D eigenvalue weighted by atomic mass is 16.4. The minimum atomic E-state index is -0.937. The summed E-state index contributed by atoms with van der Waals surface area (Å²) in [7, 11) is 0. The molecule has 0 aromatic carbocycles. The summed E-state index contributed by atoms with van der Waals surface area (Å²) in [5, 5.41) is 9.30. The van der Waals surface area contributed by atoms with Crippen molar-refractivity contribution in [2.24, 2.45) is 5.73 Å². The van der Waals surface area contributed by atoms with E-state index in [2.05, 4.69) is 4.98 Å². The summed E-state index contributed by atoms with van der Waals surface area (Å²) in [5.41, 5.74) is 6.59. The molecule has 1 amide bonds. The monoisotopic (exact) mass is 277 g/mol. The van der Waals surface area contributed by atoms with Crippen LogP contribution in [0.5, 0.6) is 0 Å². The molecular formula is C14H19N3O3. The smallest absolute Gasteiger partial charge is 0.326 e. The molecule has 108 valence electrons. The van der Waals surface area contributed by atoms with Gasteiger partial charge in [0.2, 0.25) is 0 Å². The molecule has 1 fully saturated rings. The number of aliphatic carboxylic acids is 1. The van der Waals surface area contributed by atoms with Crippen LogP contribution in [0.15, 0.2) is 18.3 Å². The van der Waals surface area contributed by atoms with E-state index in [1.54, 1.807) is 12.1 Å². The average Bonchev–Trinajstić information content (AvgIpc) is 2.72. The minimum Gasteiger partial charge on any atom is -0.480 e. The standard InChI is InChI=1S/C14H19N3O3/c15-9-11-8-10(5-6-16-11)13(18)17-7-3-1-2-4-12(17)14(19)20/h5-6,8,12H,1-4,7,9,15H2,(H,19,20). The van der Waals surface area contributed by atoms with E-state index in [-0.39, 0.29) is 12.5 Å². The van der Waals surface area contributed by atoms with Gasteiger partial charge in [0.15, 0.2) is 0 Å². The number of nitrogens with zero attached hydrogens (tertiary/aromatic N) is 2. The number of hydrogen-bond donors (Lipinski definition) is 2. The lowest BCUT2D eigenvalue weighted by Gasteiger charge is -2.27. The van der Waals surface area contributed by atoms with Crippen LogP contribution in [0.25, 0.3) is 0 Å². The zero-order valence-electron chi connectivity index (χ0n) is 11.3. The molecule has 1 aromatic rings. The summed E-state index contributed by atoms with van der Waals surface area (Å²) in [6.07, 6.45) is 4.67. The zero-order valence-corrected chi connectivity index (χ0v) is 11.3. The number of carboxylic acid groups (broad SMARTS) is 1. The van der Waals surface area contributed by atoms with E-state index in [4.69, 9.17) is 5.73 Å². The van der Waals surface area contributed by atoms with Crippen LogP contribution in [0.4, 0.5) is 0 Å². The van der Waals surface area contributed by atoms with Gasteiger partial charge in [-0.2, -0.15) is 0 Å². The fraction of sp³-hybridized carbons (Fsp3) is 0.500. The molecule has 1 atom stereocenters. The Morgan fingerprint density at radius 3 is 2.90 bits per heavy atom. The summed E-state index contributed by atoms with van der Waals surface area (Å²) in [6.45, 7) is 0.736. The second kappa shape index (κ2) is 6.47. The molecule has 20 heavy (non-hydrogen) atoms. The van der Waals surface area contributed by atoms with E-state index in [1.165, 1.54) is 11.1 Å². The van der Waals surface area contributed by atoms with Crippen molar-refractivity contribution in [2.45, 2.75) is 38.3 Å². The predicted octanol–water partition coefficient (Wildman–Crippen LogP) is 1.01. The maximum Gasteiger partial charge on any atom is 0.326 e. The Labute approximate surface area is 117 Å². The van der Waals surface area contributed by atoms with Crippen molar-refractivity contribution in [3.63, 3.8) is 0 Å². The van der Waals surface area contributed by atoms with Crippen molar-refractivity contribution in [3.8, 4) is 0 Å². The molecule has 2 rings (SSSR count). The molecule has 1 aliphatic heterocycles. The lowest BCUT2D eigenvalue weighted by Crippen LogP contribution is -2.44. The number of pyridine rings is 1. The summed E-state index contributed by atoms with van der Waals surface area (Å²) in [5.74, 6) is -1.19. The van der Waals surface area contributed by atoms with Crippen molar-refractivity contribution in [2.75, 3.05) is 6.54 Å². The lowest BCUT2D eigenvalue weighted by molar-refractivity contribution is -0.142. The first-order chi connectivity index (χ1) is 9.63. The summed E-state index contributed by atoms with van der Waals surface area (Å²) >= 11 is 0. The number of aromatic nitrogens is 1. The van der Waals surface area contributed by atoms with Crippen LogP contribution in [0, 0.1) is 0 Å². The number of likely N-dealkylation sites (tertiary alicyclic amines) is 1. The van der Waals surface area contributed by atoms with E-state index in [0.29, 0.717) is 24.2 Å². The lowest BCUT2D eigenvalue weighted by atomic mass is 10.1. The average molecular weight is 277 g/mol. The number of rotatable bonds is 3. The number of carbonyl (C=O) groups is 2.